The molecule has 0 unspecified atom stereocenters. The third-order valence-corrected chi connectivity index (χ3v) is 10.4. The summed E-state index contributed by atoms with van der Waals surface area (Å²) in [5.74, 6) is 3.79. The molecule has 0 saturated carbocycles. The molecule has 0 radical (unpaired) electrons. The van der Waals surface area contributed by atoms with Gasteiger partial charge in [0.15, 0.2) is 35.7 Å². The molecule has 12 heteroatoms. The van der Waals surface area contributed by atoms with E-state index in [1.54, 1.807) is 21.3 Å². The van der Waals surface area contributed by atoms with E-state index in [0.717, 1.165) is 65.8 Å². The number of benzene rings is 2. The molecule has 1 aromatic heterocycles. The summed E-state index contributed by atoms with van der Waals surface area (Å²) in [5.41, 5.74) is 3.47. The molecule has 4 heterocycles. The van der Waals surface area contributed by atoms with Crippen molar-refractivity contribution in [2.45, 2.75) is 56.0 Å². The molecule has 3 aromatic rings. The molecule has 246 valence electrons. The summed E-state index contributed by atoms with van der Waals surface area (Å²) in [6.45, 7) is 2.43. The maximum Gasteiger partial charge on any atom is 0.315 e. The Morgan fingerprint density at radius 3 is 2.65 bits per heavy atom. The van der Waals surface area contributed by atoms with Crippen LogP contribution >= 0.6 is 11.8 Å². The summed E-state index contributed by atoms with van der Waals surface area (Å²) < 4.78 is 31.0. The van der Waals surface area contributed by atoms with Crippen LogP contribution < -0.4 is 39.5 Å². The molecule has 0 aliphatic carbocycles. The molecule has 3 N–H and O–H groups in total. The number of rotatable bonds is 15. The molecule has 6 rings (SSSR count). The standard InChI is InChI=1S/C34H42N4O7S/c1-41-27-9-8-21-16-26-23-18-29(43-3)28(42-2)17-22(23)10-12-38(26)19-24(21)33(27)45-15-14-44-13-11-35-31(39)7-5-4-6-30-32-25(20-46-30)36-34(40)37-32/h8-9,16-19,25,30,32H,4-7,10-15,20H2,1-3H3,(H2-,35,36,37,39,40)/p+1/t25-,30-,32-/m0/s1. The minimum absolute atomic E-state index is 0.0363. The van der Waals surface area contributed by atoms with Crippen LogP contribution in [0.3, 0.4) is 0 Å². The first kappa shape index (κ1) is 32.1. The van der Waals surface area contributed by atoms with Crippen LogP contribution in [-0.2, 0) is 22.5 Å². The molecule has 2 aromatic carbocycles. The van der Waals surface area contributed by atoms with Crippen molar-refractivity contribution in [3.63, 3.8) is 0 Å². The lowest BCUT2D eigenvalue weighted by molar-refractivity contribution is -0.686. The Balaban J connectivity index is 0.956. The Labute approximate surface area is 273 Å². The number of thioether (sulfide) groups is 1. The Kier molecular flexibility index (Phi) is 10.2. The van der Waals surface area contributed by atoms with E-state index in [9.17, 15) is 9.59 Å². The second kappa shape index (κ2) is 14.7. The van der Waals surface area contributed by atoms with Gasteiger partial charge >= 0.3 is 6.03 Å². The lowest BCUT2D eigenvalue weighted by Crippen LogP contribution is -2.40. The summed E-state index contributed by atoms with van der Waals surface area (Å²) in [6.07, 6.45) is 6.31. The lowest BCUT2D eigenvalue weighted by atomic mass is 9.95. The van der Waals surface area contributed by atoms with Gasteiger partial charge < -0.3 is 39.6 Å². The van der Waals surface area contributed by atoms with Gasteiger partial charge in [-0.05, 0) is 48.1 Å². The van der Waals surface area contributed by atoms with Gasteiger partial charge in [0.1, 0.15) is 6.61 Å². The number of methoxy groups -OCH3 is 3. The van der Waals surface area contributed by atoms with E-state index in [1.165, 1.54) is 5.56 Å². The molecule has 0 spiro atoms. The first-order chi connectivity index (χ1) is 22.5. The molecule has 3 atom stereocenters. The fourth-order valence-electron chi connectivity index (χ4n) is 6.57. The molecule has 2 saturated heterocycles. The number of urea groups is 1. The SMILES string of the molecule is COc1cc2c(cc1OC)-c1cc3ccc(OC)c(OCCOCCNC(=O)CCCC[C@@H]4SC[C@@H]5NC(=O)N[C@@H]54)c3c[n+]1CC2. The van der Waals surface area contributed by atoms with Crippen LogP contribution in [-0.4, -0.2) is 82.7 Å². The van der Waals surface area contributed by atoms with Crippen molar-refractivity contribution < 1.29 is 37.8 Å². The van der Waals surface area contributed by atoms with Gasteiger partial charge in [0.2, 0.25) is 11.6 Å². The van der Waals surface area contributed by atoms with Crippen molar-refractivity contribution >= 4 is 34.5 Å². The number of aryl methyl sites for hydroxylation is 2. The molecule has 3 aliphatic heterocycles. The normalized spacial score (nSPS) is 19.5. The highest BCUT2D eigenvalue weighted by Gasteiger charge is 2.42. The van der Waals surface area contributed by atoms with Gasteiger partial charge in [-0.2, -0.15) is 16.3 Å². The van der Waals surface area contributed by atoms with Crippen LogP contribution in [0.2, 0.25) is 0 Å². The lowest BCUT2D eigenvalue weighted by Gasteiger charge is -2.19. The number of aromatic nitrogens is 1. The number of amides is 3. The van der Waals surface area contributed by atoms with Gasteiger partial charge in [-0.25, -0.2) is 4.79 Å². The third-order valence-electron chi connectivity index (χ3n) is 8.93. The second-order valence-corrected chi connectivity index (χ2v) is 13.0. The number of hydrogen-bond acceptors (Lipinski definition) is 8. The van der Waals surface area contributed by atoms with Crippen LogP contribution in [0, 0.1) is 0 Å². The van der Waals surface area contributed by atoms with Crippen molar-refractivity contribution in [2.24, 2.45) is 0 Å². The van der Waals surface area contributed by atoms with Gasteiger partial charge in [-0.15, -0.1) is 0 Å². The molecule has 3 aliphatic rings. The average Bonchev–Trinajstić information content (AvgIpc) is 3.63. The summed E-state index contributed by atoms with van der Waals surface area (Å²) in [7, 11) is 4.96. The van der Waals surface area contributed by atoms with E-state index < -0.39 is 0 Å². The molecule has 3 amide bonds. The Bertz CT molecular complexity index is 1590. The van der Waals surface area contributed by atoms with Crippen LogP contribution in [0.1, 0.15) is 31.2 Å². The second-order valence-electron chi connectivity index (χ2n) is 11.7. The van der Waals surface area contributed by atoms with Crippen molar-refractivity contribution in [2.75, 3.05) is 53.4 Å². The van der Waals surface area contributed by atoms with Crippen molar-refractivity contribution in [1.82, 2.24) is 16.0 Å². The maximum atomic E-state index is 12.3. The van der Waals surface area contributed by atoms with E-state index in [1.807, 2.05) is 30.0 Å². The third kappa shape index (κ3) is 6.92. The number of nitrogens with one attached hydrogen (secondary N) is 3. The van der Waals surface area contributed by atoms with Gasteiger partial charge in [0, 0.05) is 36.5 Å². The Hall–Kier alpha value is -3.90. The van der Waals surface area contributed by atoms with Crippen molar-refractivity contribution in [1.29, 1.82) is 0 Å². The van der Waals surface area contributed by atoms with Crippen LogP contribution in [0.5, 0.6) is 23.0 Å². The molecular formula is C34H43N4O7S+. The minimum atomic E-state index is -0.0603. The quantitative estimate of drug-likeness (QED) is 0.130. The smallest absolute Gasteiger partial charge is 0.315 e. The van der Waals surface area contributed by atoms with E-state index in [2.05, 4.69) is 38.8 Å². The number of carbonyl (C=O) groups is 2. The number of nitrogens with zero attached hydrogens (tertiary/aromatic N) is 1. The van der Waals surface area contributed by atoms with Crippen LogP contribution in [0.4, 0.5) is 4.79 Å². The van der Waals surface area contributed by atoms with E-state index in [4.69, 9.17) is 23.7 Å². The summed E-state index contributed by atoms with van der Waals surface area (Å²) in [4.78, 5) is 23.8. The first-order valence-electron chi connectivity index (χ1n) is 15.9. The van der Waals surface area contributed by atoms with Gasteiger partial charge in [0.25, 0.3) is 0 Å². The monoisotopic (exact) mass is 651 g/mol. The highest BCUT2D eigenvalue weighted by Crippen LogP contribution is 2.40. The molecule has 2 fully saturated rings. The highest BCUT2D eigenvalue weighted by atomic mass is 32.2. The zero-order chi connectivity index (χ0) is 32.0. The van der Waals surface area contributed by atoms with Crippen LogP contribution in [0.25, 0.3) is 22.0 Å². The summed E-state index contributed by atoms with van der Waals surface area (Å²) >= 11 is 1.90. The fraction of sp³-hybridized carbons (Fsp3) is 0.500. The zero-order valence-electron chi connectivity index (χ0n) is 26.7. The number of carbonyl (C=O) groups excluding carboxylic acids is 2. The topological polar surface area (TPSA) is 120 Å². The minimum Gasteiger partial charge on any atom is -0.493 e. The van der Waals surface area contributed by atoms with Gasteiger partial charge in [-0.3, -0.25) is 4.79 Å². The number of fused-ring (bicyclic) bond motifs is 5. The number of unbranched alkanes of at least 4 members (excludes halogenated alkanes) is 1. The van der Waals surface area contributed by atoms with E-state index >= 15 is 0 Å². The predicted molar refractivity (Wildman–Crippen MR) is 176 cm³/mol. The molecular weight excluding hydrogens is 608 g/mol. The largest absolute Gasteiger partial charge is 0.493 e. The van der Waals surface area contributed by atoms with Crippen molar-refractivity contribution in [3.05, 3.63) is 42.1 Å². The number of ether oxygens (including phenoxy) is 5. The van der Waals surface area contributed by atoms with Gasteiger partial charge in [-0.1, -0.05) is 6.42 Å². The van der Waals surface area contributed by atoms with E-state index in [-0.39, 0.29) is 24.0 Å². The van der Waals surface area contributed by atoms with Crippen molar-refractivity contribution in [3.8, 4) is 34.3 Å². The molecule has 11 nitrogen and oxygen atoms in total. The predicted octanol–water partition coefficient (Wildman–Crippen LogP) is 3.61. The fourth-order valence-corrected chi connectivity index (χ4v) is 8.12. The Morgan fingerprint density at radius 2 is 1.83 bits per heavy atom. The van der Waals surface area contributed by atoms with Gasteiger partial charge in [0.05, 0.1) is 57.6 Å². The average molecular weight is 652 g/mol. The summed E-state index contributed by atoms with van der Waals surface area (Å²) in [6, 6.07) is 10.7. The maximum absolute atomic E-state index is 12.3. The summed E-state index contributed by atoms with van der Waals surface area (Å²) in [5, 5.41) is 11.4. The van der Waals surface area contributed by atoms with E-state index in [0.29, 0.717) is 55.3 Å². The zero-order valence-corrected chi connectivity index (χ0v) is 27.5. The Morgan fingerprint density at radius 1 is 1.00 bits per heavy atom. The first-order valence-corrected chi connectivity index (χ1v) is 17.0. The van der Waals surface area contributed by atoms with Crippen LogP contribution in [0.15, 0.2) is 36.5 Å². The molecule has 0 bridgehead atoms. The number of hydrogen-bond donors (Lipinski definition) is 3. The molecule has 46 heavy (non-hydrogen) atoms. The number of pyridine rings is 1. The highest BCUT2D eigenvalue weighted by molar-refractivity contribution is 8.00.